The third kappa shape index (κ3) is 3.29. The second kappa shape index (κ2) is 6.14. The van der Waals surface area contributed by atoms with Crippen molar-refractivity contribution in [2.24, 2.45) is 0 Å². The molecule has 0 bridgehead atoms. The van der Waals surface area contributed by atoms with Crippen molar-refractivity contribution in [2.45, 2.75) is 19.8 Å². The molecule has 1 rings (SSSR count). The van der Waals surface area contributed by atoms with Crippen LogP contribution < -0.4 is 0 Å². The Labute approximate surface area is 105 Å². The fourth-order valence-electron chi connectivity index (χ4n) is 1.52. The van der Waals surface area contributed by atoms with Gasteiger partial charge in [-0.05, 0) is 24.6 Å². The maximum atomic E-state index is 13.6. The van der Waals surface area contributed by atoms with Crippen LogP contribution in [0.4, 0.5) is 4.39 Å². The van der Waals surface area contributed by atoms with Crippen molar-refractivity contribution in [1.82, 2.24) is 4.90 Å². The number of benzene rings is 1. The predicted octanol–water partition coefficient (Wildman–Crippen LogP) is 2.40. The molecule has 1 aromatic rings. The summed E-state index contributed by atoms with van der Waals surface area (Å²) in [7, 11) is 1.60. The lowest BCUT2D eigenvalue weighted by molar-refractivity contribution is 0.0694. The Kier molecular flexibility index (Phi) is 4.83. The molecule has 0 radical (unpaired) electrons. The van der Waals surface area contributed by atoms with Gasteiger partial charge in [-0.15, -0.1) is 0 Å². The molecule has 98 valence electrons. The predicted molar refractivity (Wildman–Crippen MR) is 65.2 cm³/mol. The second-order valence-corrected chi connectivity index (χ2v) is 4.08. The monoisotopic (exact) mass is 253 g/mol. The van der Waals surface area contributed by atoms with Crippen LogP contribution in [-0.4, -0.2) is 35.5 Å². The molecule has 18 heavy (non-hydrogen) atoms. The van der Waals surface area contributed by atoms with Gasteiger partial charge in [0, 0.05) is 13.6 Å². The number of carboxylic acids is 1. The molecule has 1 aromatic carbocycles. The molecule has 5 heteroatoms. The zero-order valence-electron chi connectivity index (χ0n) is 10.4. The third-order valence-electron chi connectivity index (χ3n) is 2.64. The van der Waals surface area contributed by atoms with Gasteiger partial charge in [0.05, 0.1) is 11.1 Å². The topological polar surface area (TPSA) is 57.6 Å². The summed E-state index contributed by atoms with van der Waals surface area (Å²) < 4.78 is 13.6. The van der Waals surface area contributed by atoms with E-state index in [1.54, 1.807) is 7.05 Å². The number of halogens is 1. The Morgan fingerprint density at radius 2 is 2.06 bits per heavy atom. The lowest BCUT2D eigenvalue weighted by atomic mass is 10.1. The fourth-order valence-corrected chi connectivity index (χ4v) is 1.52. The highest BCUT2D eigenvalue weighted by Crippen LogP contribution is 2.13. The van der Waals surface area contributed by atoms with Crippen molar-refractivity contribution in [3.63, 3.8) is 0 Å². The number of aromatic carboxylic acids is 1. The minimum absolute atomic E-state index is 0.0985. The number of rotatable bonds is 5. The first kappa shape index (κ1) is 14.2. The van der Waals surface area contributed by atoms with Crippen LogP contribution in [0.25, 0.3) is 0 Å². The summed E-state index contributed by atoms with van der Waals surface area (Å²) in [5, 5.41) is 8.70. The van der Waals surface area contributed by atoms with Gasteiger partial charge in [0.2, 0.25) is 0 Å². The van der Waals surface area contributed by atoms with E-state index in [4.69, 9.17) is 5.11 Å². The summed E-state index contributed by atoms with van der Waals surface area (Å²) in [5.41, 5.74) is -0.265. The van der Waals surface area contributed by atoms with Gasteiger partial charge in [-0.25, -0.2) is 9.18 Å². The first-order chi connectivity index (χ1) is 8.47. The molecule has 0 aromatic heterocycles. The number of hydrogen-bond acceptors (Lipinski definition) is 2. The first-order valence-electron chi connectivity index (χ1n) is 5.75. The quantitative estimate of drug-likeness (QED) is 0.876. The summed E-state index contributed by atoms with van der Waals surface area (Å²) in [5.74, 6) is -2.45. The van der Waals surface area contributed by atoms with Crippen LogP contribution >= 0.6 is 0 Å². The molecule has 0 aliphatic rings. The van der Waals surface area contributed by atoms with E-state index in [0.29, 0.717) is 6.54 Å². The average molecular weight is 253 g/mol. The molecular weight excluding hydrogens is 237 g/mol. The Bertz CT molecular complexity index is 460. The van der Waals surface area contributed by atoms with Crippen LogP contribution in [0, 0.1) is 5.82 Å². The number of amides is 1. The highest BCUT2D eigenvalue weighted by molar-refractivity contribution is 5.96. The molecule has 1 N–H and O–H groups in total. The molecule has 1 amide bonds. The van der Waals surface area contributed by atoms with E-state index in [9.17, 15) is 14.0 Å². The third-order valence-corrected chi connectivity index (χ3v) is 2.64. The molecule has 4 nitrogen and oxygen atoms in total. The van der Waals surface area contributed by atoms with Gasteiger partial charge in [-0.2, -0.15) is 0 Å². The number of unbranched alkanes of at least 4 members (excludes halogenated alkanes) is 1. The Morgan fingerprint density at radius 1 is 1.39 bits per heavy atom. The number of carbonyl (C=O) groups excluding carboxylic acids is 1. The normalized spacial score (nSPS) is 10.2. The minimum atomic E-state index is -1.22. The highest BCUT2D eigenvalue weighted by Gasteiger charge is 2.17. The van der Waals surface area contributed by atoms with E-state index in [2.05, 4.69) is 0 Å². The number of carboxylic acid groups (broad SMARTS) is 1. The van der Waals surface area contributed by atoms with Crippen LogP contribution in [0.5, 0.6) is 0 Å². The number of nitrogens with zero attached hydrogens (tertiary/aromatic N) is 1. The van der Waals surface area contributed by atoms with Gasteiger partial charge in [-0.3, -0.25) is 4.79 Å². The van der Waals surface area contributed by atoms with Crippen LogP contribution in [0.3, 0.4) is 0 Å². The van der Waals surface area contributed by atoms with Crippen LogP contribution in [0.1, 0.15) is 40.5 Å². The Hall–Kier alpha value is -1.91. The SMILES string of the molecule is CCCCN(C)C(=O)c1ccc(C(=O)O)cc1F. The van der Waals surface area contributed by atoms with Gasteiger partial charge in [-0.1, -0.05) is 13.3 Å². The van der Waals surface area contributed by atoms with Crippen LogP contribution in [0.15, 0.2) is 18.2 Å². The standard InChI is InChI=1S/C13H16FNO3/c1-3-4-7-15(2)12(16)10-6-5-9(13(17)18)8-11(10)14/h5-6,8H,3-4,7H2,1-2H3,(H,17,18). The molecule has 0 fully saturated rings. The van der Waals surface area contributed by atoms with Crippen molar-refractivity contribution < 1.29 is 19.1 Å². The van der Waals surface area contributed by atoms with Crippen molar-refractivity contribution in [3.8, 4) is 0 Å². The lowest BCUT2D eigenvalue weighted by Crippen LogP contribution is -2.28. The van der Waals surface area contributed by atoms with Crippen molar-refractivity contribution in [2.75, 3.05) is 13.6 Å². The van der Waals surface area contributed by atoms with Crippen molar-refractivity contribution >= 4 is 11.9 Å². The van der Waals surface area contributed by atoms with Crippen molar-refractivity contribution in [1.29, 1.82) is 0 Å². The second-order valence-electron chi connectivity index (χ2n) is 4.08. The molecule has 0 unspecified atom stereocenters. The van der Waals surface area contributed by atoms with E-state index in [-0.39, 0.29) is 11.1 Å². The number of carbonyl (C=O) groups is 2. The molecule has 0 heterocycles. The summed E-state index contributed by atoms with van der Waals surface area (Å²) in [6.07, 6.45) is 1.79. The Morgan fingerprint density at radius 3 is 2.56 bits per heavy atom. The van der Waals surface area contributed by atoms with Gasteiger partial charge in [0.1, 0.15) is 5.82 Å². The Balaban J connectivity index is 2.89. The smallest absolute Gasteiger partial charge is 0.335 e. The summed E-state index contributed by atoms with van der Waals surface area (Å²) >= 11 is 0. The zero-order valence-corrected chi connectivity index (χ0v) is 10.4. The molecular formula is C13H16FNO3. The molecule has 0 atom stereocenters. The fraction of sp³-hybridized carbons (Fsp3) is 0.385. The molecule has 0 saturated carbocycles. The van der Waals surface area contributed by atoms with Gasteiger partial charge in [0.25, 0.3) is 5.91 Å². The summed E-state index contributed by atoms with van der Waals surface area (Å²) in [6, 6.07) is 3.30. The van der Waals surface area contributed by atoms with Crippen LogP contribution in [0.2, 0.25) is 0 Å². The van der Waals surface area contributed by atoms with E-state index in [1.807, 2.05) is 6.92 Å². The largest absolute Gasteiger partial charge is 0.478 e. The molecule has 0 saturated heterocycles. The summed E-state index contributed by atoms with van der Waals surface area (Å²) in [4.78, 5) is 24.0. The lowest BCUT2D eigenvalue weighted by Gasteiger charge is -2.17. The van der Waals surface area contributed by atoms with E-state index in [0.717, 1.165) is 18.9 Å². The van der Waals surface area contributed by atoms with E-state index < -0.39 is 17.7 Å². The first-order valence-corrected chi connectivity index (χ1v) is 5.75. The maximum Gasteiger partial charge on any atom is 0.335 e. The summed E-state index contributed by atoms with van der Waals surface area (Å²) in [6.45, 7) is 2.55. The average Bonchev–Trinajstić information content (AvgIpc) is 2.34. The van der Waals surface area contributed by atoms with E-state index >= 15 is 0 Å². The number of hydrogen-bond donors (Lipinski definition) is 1. The molecule has 0 spiro atoms. The van der Waals surface area contributed by atoms with Crippen molar-refractivity contribution in [3.05, 3.63) is 35.1 Å². The maximum absolute atomic E-state index is 13.6. The molecule has 0 aliphatic heterocycles. The van der Waals surface area contributed by atoms with Crippen LogP contribution in [-0.2, 0) is 0 Å². The van der Waals surface area contributed by atoms with Gasteiger partial charge in [0.15, 0.2) is 0 Å². The molecule has 0 aliphatic carbocycles. The minimum Gasteiger partial charge on any atom is -0.478 e. The van der Waals surface area contributed by atoms with Gasteiger partial charge < -0.3 is 10.0 Å². The zero-order chi connectivity index (χ0) is 13.7. The van der Waals surface area contributed by atoms with Gasteiger partial charge >= 0.3 is 5.97 Å². The highest BCUT2D eigenvalue weighted by atomic mass is 19.1. The van der Waals surface area contributed by atoms with E-state index in [1.165, 1.54) is 17.0 Å².